The molecule has 94 valence electrons. The fourth-order valence-corrected chi connectivity index (χ4v) is 2.65. The van der Waals surface area contributed by atoms with Crippen LogP contribution in [0.15, 0.2) is 12.3 Å². The molecule has 1 aromatic rings. The summed E-state index contributed by atoms with van der Waals surface area (Å²) >= 11 is 0. The van der Waals surface area contributed by atoms with Crippen molar-refractivity contribution in [2.45, 2.75) is 31.9 Å². The topological polar surface area (TPSA) is 92.3 Å². The minimum Gasteiger partial charge on any atom is -0.396 e. The van der Waals surface area contributed by atoms with Crippen molar-refractivity contribution in [2.75, 3.05) is 6.61 Å². The zero-order valence-electron chi connectivity index (χ0n) is 9.95. The number of hydrogen-bond acceptors (Lipinski definition) is 5. The fourth-order valence-electron chi connectivity index (χ4n) is 2.65. The van der Waals surface area contributed by atoms with E-state index in [9.17, 15) is 10.2 Å². The second kappa shape index (κ2) is 5.08. The third-order valence-electron chi connectivity index (χ3n) is 3.60. The molecule has 1 aliphatic rings. The highest BCUT2D eigenvalue weighted by atomic mass is 16.3. The van der Waals surface area contributed by atoms with Crippen LogP contribution in [0.4, 0.5) is 0 Å². The molecule has 4 unspecified atom stereocenters. The van der Waals surface area contributed by atoms with Crippen LogP contribution in [0.3, 0.4) is 0 Å². The van der Waals surface area contributed by atoms with Crippen LogP contribution in [0.2, 0.25) is 0 Å². The average Bonchev–Trinajstić information content (AvgIpc) is 2.53. The maximum atomic E-state index is 9.79. The lowest BCUT2D eigenvalue weighted by Gasteiger charge is -2.21. The molecule has 0 bridgehead atoms. The molecule has 0 saturated heterocycles. The quantitative estimate of drug-likeness (QED) is 0.668. The largest absolute Gasteiger partial charge is 0.396 e. The average molecular weight is 237 g/mol. The van der Waals surface area contributed by atoms with Crippen molar-refractivity contribution in [3.63, 3.8) is 0 Å². The molecule has 1 fully saturated rings. The van der Waals surface area contributed by atoms with Gasteiger partial charge in [0.1, 0.15) is 5.82 Å². The summed E-state index contributed by atoms with van der Waals surface area (Å²) in [5.74, 6) is 0.680. The monoisotopic (exact) mass is 237 g/mol. The third kappa shape index (κ3) is 2.62. The lowest BCUT2D eigenvalue weighted by Crippen LogP contribution is -2.31. The van der Waals surface area contributed by atoms with Crippen LogP contribution >= 0.6 is 0 Å². The van der Waals surface area contributed by atoms with Crippen molar-refractivity contribution in [1.29, 1.82) is 0 Å². The van der Waals surface area contributed by atoms with Crippen molar-refractivity contribution >= 4 is 0 Å². The van der Waals surface area contributed by atoms with Gasteiger partial charge in [0.2, 0.25) is 0 Å². The standard InChI is InChI=1S/C12H19N3O2/c1-7-14-3-2-8(15-7)4-9-10(6-16)12(17)5-11(9)13/h2-3,9-12,16-17H,4-6,13H2,1H3. The zero-order chi connectivity index (χ0) is 12.4. The van der Waals surface area contributed by atoms with Gasteiger partial charge in [0, 0.05) is 30.5 Å². The van der Waals surface area contributed by atoms with Crippen LogP contribution in [0, 0.1) is 18.8 Å². The molecule has 4 atom stereocenters. The number of aromatic nitrogens is 2. The van der Waals surface area contributed by atoms with Gasteiger partial charge in [0.05, 0.1) is 6.10 Å². The maximum Gasteiger partial charge on any atom is 0.125 e. The summed E-state index contributed by atoms with van der Waals surface area (Å²) in [5, 5.41) is 19.1. The fraction of sp³-hybridized carbons (Fsp3) is 0.667. The Labute approximate surface area is 101 Å². The van der Waals surface area contributed by atoms with E-state index in [0.717, 1.165) is 11.5 Å². The summed E-state index contributed by atoms with van der Waals surface area (Å²) in [7, 11) is 0. The molecule has 1 aliphatic carbocycles. The zero-order valence-corrected chi connectivity index (χ0v) is 9.95. The van der Waals surface area contributed by atoms with Crippen LogP contribution in [0.25, 0.3) is 0 Å². The van der Waals surface area contributed by atoms with E-state index in [0.29, 0.717) is 12.8 Å². The molecule has 0 aliphatic heterocycles. The van der Waals surface area contributed by atoms with E-state index in [4.69, 9.17) is 5.73 Å². The lowest BCUT2D eigenvalue weighted by atomic mass is 9.89. The Morgan fingerprint density at radius 1 is 1.47 bits per heavy atom. The highest BCUT2D eigenvalue weighted by Gasteiger charge is 2.40. The normalized spacial score (nSPS) is 32.9. The lowest BCUT2D eigenvalue weighted by molar-refractivity contribution is 0.0718. The minimum atomic E-state index is -0.497. The summed E-state index contributed by atoms with van der Waals surface area (Å²) < 4.78 is 0. The van der Waals surface area contributed by atoms with Gasteiger partial charge in [-0.15, -0.1) is 0 Å². The van der Waals surface area contributed by atoms with E-state index in [1.807, 2.05) is 13.0 Å². The Balaban J connectivity index is 2.12. The molecule has 1 heterocycles. The summed E-state index contributed by atoms with van der Waals surface area (Å²) in [5.41, 5.74) is 6.93. The first-order chi connectivity index (χ1) is 8.11. The van der Waals surface area contributed by atoms with Gasteiger partial charge in [-0.2, -0.15) is 0 Å². The van der Waals surface area contributed by atoms with Gasteiger partial charge in [-0.05, 0) is 31.7 Å². The number of aliphatic hydroxyl groups is 2. The molecular weight excluding hydrogens is 218 g/mol. The highest BCUT2D eigenvalue weighted by Crippen LogP contribution is 2.33. The molecule has 0 spiro atoms. The van der Waals surface area contributed by atoms with Crippen LogP contribution in [-0.2, 0) is 6.42 Å². The molecular formula is C12H19N3O2. The molecule has 5 nitrogen and oxygen atoms in total. The summed E-state index contributed by atoms with van der Waals surface area (Å²) in [6.07, 6.45) is 2.47. The van der Waals surface area contributed by atoms with Crippen molar-refractivity contribution in [1.82, 2.24) is 9.97 Å². The molecule has 1 aromatic heterocycles. The van der Waals surface area contributed by atoms with Gasteiger partial charge in [-0.3, -0.25) is 0 Å². The van der Waals surface area contributed by atoms with Gasteiger partial charge >= 0.3 is 0 Å². The Hall–Kier alpha value is -1.04. The Bertz CT molecular complexity index is 386. The van der Waals surface area contributed by atoms with E-state index in [1.165, 1.54) is 0 Å². The van der Waals surface area contributed by atoms with E-state index < -0.39 is 6.10 Å². The van der Waals surface area contributed by atoms with Crippen LogP contribution in [-0.4, -0.2) is 38.9 Å². The van der Waals surface area contributed by atoms with Gasteiger partial charge in [-0.1, -0.05) is 0 Å². The van der Waals surface area contributed by atoms with Crippen molar-refractivity contribution in [3.8, 4) is 0 Å². The number of rotatable bonds is 3. The molecule has 5 heteroatoms. The Morgan fingerprint density at radius 3 is 2.88 bits per heavy atom. The molecule has 0 radical (unpaired) electrons. The van der Waals surface area contributed by atoms with Crippen molar-refractivity contribution in [2.24, 2.45) is 17.6 Å². The molecule has 2 rings (SSSR count). The van der Waals surface area contributed by atoms with E-state index in [1.54, 1.807) is 6.20 Å². The predicted molar refractivity (Wildman–Crippen MR) is 63.1 cm³/mol. The van der Waals surface area contributed by atoms with Gasteiger partial charge in [0.15, 0.2) is 0 Å². The molecule has 0 amide bonds. The second-order valence-electron chi connectivity index (χ2n) is 4.78. The Morgan fingerprint density at radius 2 is 2.24 bits per heavy atom. The smallest absolute Gasteiger partial charge is 0.125 e. The predicted octanol–water partition coefficient (Wildman–Crippen LogP) is -0.356. The Kier molecular flexibility index (Phi) is 3.71. The number of hydrogen-bond donors (Lipinski definition) is 3. The SMILES string of the molecule is Cc1nccc(CC2C(N)CC(O)C2CO)n1. The molecule has 17 heavy (non-hydrogen) atoms. The molecule has 0 aromatic carbocycles. The summed E-state index contributed by atoms with van der Waals surface area (Å²) in [6, 6.07) is 1.79. The molecule has 1 saturated carbocycles. The maximum absolute atomic E-state index is 9.79. The summed E-state index contributed by atoms with van der Waals surface area (Å²) in [4.78, 5) is 8.38. The van der Waals surface area contributed by atoms with Crippen LogP contribution < -0.4 is 5.73 Å². The number of aliphatic hydroxyl groups excluding tert-OH is 2. The van der Waals surface area contributed by atoms with Gasteiger partial charge < -0.3 is 15.9 Å². The van der Waals surface area contributed by atoms with Gasteiger partial charge in [-0.25, -0.2) is 9.97 Å². The first-order valence-electron chi connectivity index (χ1n) is 5.95. The number of aryl methyl sites for hydroxylation is 1. The van der Waals surface area contributed by atoms with Gasteiger partial charge in [0.25, 0.3) is 0 Å². The van der Waals surface area contributed by atoms with Crippen molar-refractivity contribution < 1.29 is 10.2 Å². The number of nitrogens with two attached hydrogens (primary N) is 1. The van der Waals surface area contributed by atoms with Crippen LogP contribution in [0.1, 0.15) is 17.9 Å². The number of nitrogens with zero attached hydrogens (tertiary/aromatic N) is 2. The second-order valence-corrected chi connectivity index (χ2v) is 4.78. The van der Waals surface area contributed by atoms with E-state index in [2.05, 4.69) is 9.97 Å². The van der Waals surface area contributed by atoms with Crippen molar-refractivity contribution in [3.05, 3.63) is 23.8 Å². The highest BCUT2D eigenvalue weighted by molar-refractivity contribution is 5.06. The summed E-state index contributed by atoms with van der Waals surface area (Å²) in [6.45, 7) is 1.82. The van der Waals surface area contributed by atoms with E-state index >= 15 is 0 Å². The first kappa shape index (κ1) is 12.4. The van der Waals surface area contributed by atoms with E-state index in [-0.39, 0.29) is 24.5 Å². The third-order valence-corrected chi connectivity index (χ3v) is 3.60. The van der Waals surface area contributed by atoms with Crippen LogP contribution in [0.5, 0.6) is 0 Å². The minimum absolute atomic E-state index is 0.0242. The first-order valence-corrected chi connectivity index (χ1v) is 5.95. The molecule has 4 N–H and O–H groups in total.